The SMILES string of the molecule is S=Cc1cccc2c1[nH]c1ccccc12. The van der Waals surface area contributed by atoms with Crippen molar-refractivity contribution in [1.29, 1.82) is 0 Å². The average Bonchev–Trinajstić information content (AvgIpc) is 2.67. The normalized spacial score (nSPS) is 10.9. The van der Waals surface area contributed by atoms with E-state index in [2.05, 4.69) is 29.2 Å². The number of rotatable bonds is 1. The van der Waals surface area contributed by atoms with E-state index in [1.807, 2.05) is 18.2 Å². The molecular weight excluding hydrogens is 202 g/mol. The van der Waals surface area contributed by atoms with Crippen LogP contribution in [0.4, 0.5) is 0 Å². The largest absolute Gasteiger partial charge is 0.354 e. The number of fused-ring (bicyclic) bond motifs is 3. The van der Waals surface area contributed by atoms with Gasteiger partial charge < -0.3 is 4.98 Å². The Hall–Kier alpha value is -1.67. The second kappa shape index (κ2) is 3.17. The fourth-order valence-corrected chi connectivity index (χ4v) is 2.19. The molecule has 0 radical (unpaired) electrons. The van der Waals surface area contributed by atoms with Gasteiger partial charge in [-0.05, 0) is 6.07 Å². The van der Waals surface area contributed by atoms with E-state index in [9.17, 15) is 0 Å². The number of aromatic nitrogens is 1. The Kier molecular flexibility index (Phi) is 1.82. The molecule has 2 aromatic carbocycles. The third-order valence-corrected chi connectivity index (χ3v) is 2.95. The van der Waals surface area contributed by atoms with Crippen LogP contribution in [-0.4, -0.2) is 10.4 Å². The highest BCUT2D eigenvalue weighted by Gasteiger charge is 2.04. The Labute approximate surface area is 92.7 Å². The van der Waals surface area contributed by atoms with E-state index in [4.69, 9.17) is 12.2 Å². The molecular formula is C13H9NS. The lowest BCUT2D eigenvalue weighted by atomic mass is 10.1. The first kappa shape index (κ1) is 8.62. The van der Waals surface area contributed by atoms with Gasteiger partial charge in [0.1, 0.15) is 0 Å². The summed E-state index contributed by atoms with van der Waals surface area (Å²) in [6, 6.07) is 14.5. The molecule has 0 aliphatic rings. The van der Waals surface area contributed by atoms with Crippen molar-refractivity contribution in [1.82, 2.24) is 4.98 Å². The molecule has 0 saturated heterocycles. The summed E-state index contributed by atoms with van der Waals surface area (Å²) in [5.41, 5.74) is 3.38. The molecule has 0 aliphatic carbocycles. The first-order valence-electron chi connectivity index (χ1n) is 4.85. The maximum Gasteiger partial charge on any atom is 0.0546 e. The van der Waals surface area contributed by atoms with Crippen LogP contribution < -0.4 is 0 Å². The summed E-state index contributed by atoms with van der Waals surface area (Å²) in [5, 5.41) is 4.22. The van der Waals surface area contributed by atoms with E-state index in [1.165, 1.54) is 10.8 Å². The van der Waals surface area contributed by atoms with Crippen molar-refractivity contribution in [2.24, 2.45) is 0 Å². The van der Waals surface area contributed by atoms with Gasteiger partial charge >= 0.3 is 0 Å². The lowest BCUT2D eigenvalue weighted by Crippen LogP contribution is -1.79. The molecule has 0 unspecified atom stereocenters. The quantitative estimate of drug-likeness (QED) is 0.607. The van der Waals surface area contributed by atoms with Crippen LogP contribution in [0.25, 0.3) is 21.8 Å². The van der Waals surface area contributed by atoms with Gasteiger partial charge in [-0.1, -0.05) is 48.6 Å². The van der Waals surface area contributed by atoms with Crippen molar-refractivity contribution in [2.45, 2.75) is 0 Å². The van der Waals surface area contributed by atoms with Gasteiger partial charge in [0.2, 0.25) is 0 Å². The molecule has 0 spiro atoms. The molecule has 1 heterocycles. The number of benzene rings is 2. The van der Waals surface area contributed by atoms with Gasteiger partial charge in [0.15, 0.2) is 0 Å². The van der Waals surface area contributed by atoms with E-state index < -0.39 is 0 Å². The molecule has 0 bridgehead atoms. The summed E-state index contributed by atoms with van der Waals surface area (Å²) in [7, 11) is 0. The zero-order valence-electron chi connectivity index (χ0n) is 8.03. The van der Waals surface area contributed by atoms with Gasteiger partial charge in [0, 0.05) is 27.2 Å². The van der Waals surface area contributed by atoms with Crippen LogP contribution in [0.3, 0.4) is 0 Å². The Morgan fingerprint density at radius 2 is 1.73 bits per heavy atom. The molecule has 72 valence electrons. The molecule has 15 heavy (non-hydrogen) atoms. The van der Waals surface area contributed by atoms with E-state index >= 15 is 0 Å². The number of thiocarbonyl (C=S) groups is 1. The highest BCUT2D eigenvalue weighted by Crippen LogP contribution is 2.26. The summed E-state index contributed by atoms with van der Waals surface area (Å²) < 4.78 is 0. The molecule has 1 N–H and O–H groups in total. The minimum Gasteiger partial charge on any atom is -0.354 e. The van der Waals surface area contributed by atoms with Gasteiger partial charge in [-0.3, -0.25) is 0 Å². The summed E-state index contributed by atoms with van der Waals surface area (Å²) in [6.07, 6.45) is 0. The van der Waals surface area contributed by atoms with Crippen molar-refractivity contribution in [3.8, 4) is 0 Å². The molecule has 0 saturated carbocycles. The van der Waals surface area contributed by atoms with Gasteiger partial charge in [-0.15, -0.1) is 0 Å². The van der Waals surface area contributed by atoms with E-state index in [1.54, 1.807) is 5.37 Å². The van der Waals surface area contributed by atoms with Crippen molar-refractivity contribution in [3.63, 3.8) is 0 Å². The maximum atomic E-state index is 5.01. The van der Waals surface area contributed by atoms with Crippen LogP contribution in [-0.2, 0) is 0 Å². The van der Waals surface area contributed by atoms with E-state index in [-0.39, 0.29) is 0 Å². The van der Waals surface area contributed by atoms with Gasteiger partial charge in [0.05, 0.1) is 5.52 Å². The predicted octanol–water partition coefficient (Wildman–Crippen LogP) is 3.67. The summed E-state index contributed by atoms with van der Waals surface area (Å²) in [4.78, 5) is 3.40. The molecule has 0 atom stereocenters. The standard InChI is InChI=1S/C13H9NS/c15-8-9-4-3-6-11-10-5-1-2-7-12(10)14-13(9)11/h1-8,14H. The summed E-state index contributed by atoms with van der Waals surface area (Å²) in [5.74, 6) is 0. The first-order valence-corrected chi connectivity index (χ1v) is 5.32. The fourth-order valence-electron chi connectivity index (χ4n) is 1.99. The average molecular weight is 211 g/mol. The zero-order valence-corrected chi connectivity index (χ0v) is 8.84. The predicted molar refractivity (Wildman–Crippen MR) is 68.6 cm³/mol. The van der Waals surface area contributed by atoms with Crippen LogP contribution in [0, 0.1) is 0 Å². The topological polar surface area (TPSA) is 15.8 Å². The van der Waals surface area contributed by atoms with E-state index in [0.717, 1.165) is 16.6 Å². The lowest BCUT2D eigenvalue weighted by Gasteiger charge is -1.94. The van der Waals surface area contributed by atoms with E-state index in [0.29, 0.717) is 0 Å². The monoisotopic (exact) mass is 211 g/mol. The first-order chi connectivity index (χ1) is 7.40. The molecule has 3 aromatic rings. The Bertz CT molecular complexity index is 652. The highest BCUT2D eigenvalue weighted by molar-refractivity contribution is 7.79. The third-order valence-electron chi connectivity index (χ3n) is 2.70. The van der Waals surface area contributed by atoms with Crippen LogP contribution in [0.2, 0.25) is 0 Å². The van der Waals surface area contributed by atoms with Gasteiger partial charge in [0.25, 0.3) is 0 Å². The molecule has 1 aromatic heterocycles. The van der Waals surface area contributed by atoms with Crippen LogP contribution >= 0.6 is 12.2 Å². The minimum atomic E-state index is 1.08. The van der Waals surface area contributed by atoms with Gasteiger partial charge in [-0.25, -0.2) is 0 Å². The lowest BCUT2D eigenvalue weighted by molar-refractivity contribution is 1.54. The number of H-pyrrole nitrogens is 1. The molecule has 2 heteroatoms. The molecule has 3 rings (SSSR count). The van der Waals surface area contributed by atoms with Gasteiger partial charge in [-0.2, -0.15) is 0 Å². The molecule has 0 fully saturated rings. The Morgan fingerprint density at radius 1 is 0.933 bits per heavy atom. The Morgan fingerprint density at radius 3 is 2.60 bits per heavy atom. The molecule has 1 nitrogen and oxygen atoms in total. The van der Waals surface area contributed by atoms with Crippen LogP contribution in [0.1, 0.15) is 5.56 Å². The van der Waals surface area contributed by atoms with Crippen LogP contribution in [0.15, 0.2) is 42.5 Å². The number of aromatic amines is 1. The van der Waals surface area contributed by atoms with Crippen molar-refractivity contribution >= 4 is 39.4 Å². The third kappa shape index (κ3) is 1.18. The van der Waals surface area contributed by atoms with Crippen molar-refractivity contribution < 1.29 is 0 Å². The maximum absolute atomic E-state index is 5.01. The van der Waals surface area contributed by atoms with Crippen molar-refractivity contribution in [3.05, 3.63) is 48.0 Å². The van der Waals surface area contributed by atoms with Crippen molar-refractivity contribution in [2.75, 3.05) is 0 Å². The fraction of sp³-hybridized carbons (Fsp3) is 0. The second-order valence-electron chi connectivity index (χ2n) is 3.56. The number of nitrogens with one attached hydrogen (secondary N) is 1. The highest BCUT2D eigenvalue weighted by atomic mass is 32.1. The smallest absolute Gasteiger partial charge is 0.0546 e. The number of hydrogen-bond donors (Lipinski definition) is 1. The number of para-hydroxylation sites is 2. The Balaban J connectivity index is 2.59. The zero-order chi connectivity index (χ0) is 10.3. The second-order valence-corrected chi connectivity index (χ2v) is 3.79. The molecule has 0 amide bonds. The molecule has 0 aliphatic heterocycles. The summed E-state index contributed by atoms with van der Waals surface area (Å²) >= 11 is 5.01. The minimum absolute atomic E-state index is 1.08. The number of hydrogen-bond acceptors (Lipinski definition) is 1. The van der Waals surface area contributed by atoms with Crippen LogP contribution in [0.5, 0.6) is 0 Å². The summed E-state index contributed by atoms with van der Waals surface area (Å²) in [6.45, 7) is 0.